The minimum Gasteiger partial charge on any atom is -0.478 e. The monoisotopic (exact) mass is 281 g/mol. The highest BCUT2D eigenvalue weighted by molar-refractivity contribution is 5.90. The van der Waals surface area contributed by atoms with Crippen LogP contribution < -0.4 is 0 Å². The van der Waals surface area contributed by atoms with Crippen LogP contribution in [0.3, 0.4) is 0 Å². The molecule has 0 bridgehead atoms. The largest absolute Gasteiger partial charge is 0.478 e. The Morgan fingerprint density at radius 1 is 1.20 bits per heavy atom. The normalized spacial score (nSPS) is 11.4. The van der Waals surface area contributed by atoms with Gasteiger partial charge in [0.05, 0.1) is 11.1 Å². The Morgan fingerprint density at radius 2 is 1.90 bits per heavy atom. The van der Waals surface area contributed by atoms with E-state index in [9.17, 15) is 18.0 Å². The molecule has 1 heterocycles. The molecule has 1 aromatic heterocycles. The van der Waals surface area contributed by atoms with Gasteiger partial charge in [-0.25, -0.2) is 4.79 Å². The van der Waals surface area contributed by atoms with Crippen molar-refractivity contribution in [3.8, 4) is 11.1 Å². The van der Waals surface area contributed by atoms with Crippen LogP contribution in [0.15, 0.2) is 36.7 Å². The predicted molar refractivity (Wildman–Crippen MR) is 66.4 cm³/mol. The summed E-state index contributed by atoms with van der Waals surface area (Å²) in [6.07, 6.45) is -2.37. The molecule has 104 valence electrons. The predicted octanol–water partition coefficient (Wildman–Crippen LogP) is 3.77. The number of nitrogens with zero attached hydrogens (tertiary/aromatic N) is 1. The number of carboxylic acid groups (broad SMARTS) is 1. The zero-order valence-corrected chi connectivity index (χ0v) is 10.4. The highest BCUT2D eigenvalue weighted by Gasteiger charge is 2.34. The van der Waals surface area contributed by atoms with Gasteiger partial charge in [-0.1, -0.05) is 6.07 Å². The molecule has 20 heavy (non-hydrogen) atoms. The zero-order chi connectivity index (χ0) is 14.9. The van der Waals surface area contributed by atoms with Gasteiger partial charge in [0.2, 0.25) is 0 Å². The number of halogens is 3. The van der Waals surface area contributed by atoms with E-state index >= 15 is 0 Å². The molecule has 1 N–H and O–H groups in total. The average Bonchev–Trinajstić information content (AvgIpc) is 2.38. The van der Waals surface area contributed by atoms with Crippen LogP contribution in [0.25, 0.3) is 11.1 Å². The topological polar surface area (TPSA) is 50.2 Å². The Kier molecular flexibility index (Phi) is 3.48. The molecule has 0 aliphatic heterocycles. The van der Waals surface area contributed by atoms with Crippen LogP contribution in [0.1, 0.15) is 21.5 Å². The standard InChI is InChI=1S/C14H10F3NO2/c1-8-2-3-9(13(19)20)6-10(8)11-7-18-5-4-12(11)14(15,16)17/h2-7H,1H3,(H,19,20). The van der Waals surface area contributed by atoms with Crippen LogP contribution in [0.5, 0.6) is 0 Å². The van der Waals surface area contributed by atoms with Crippen LogP contribution in [0.2, 0.25) is 0 Å². The van der Waals surface area contributed by atoms with E-state index in [-0.39, 0.29) is 16.7 Å². The number of alkyl halides is 3. The molecule has 6 heteroatoms. The first kappa shape index (κ1) is 14.0. The van der Waals surface area contributed by atoms with Gasteiger partial charge in [-0.15, -0.1) is 0 Å². The number of rotatable bonds is 2. The smallest absolute Gasteiger partial charge is 0.417 e. The van der Waals surface area contributed by atoms with Gasteiger partial charge in [0, 0.05) is 18.0 Å². The summed E-state index contributed by atoms with van der Waals surface area (Å²) < 4.78 is 38.9. The summed E-state index contributed by atoms with van der Waals surface area (Å²) in [5, 5.41) is 8.94. The van der Waals surface area contributed by atoms with Gasteiger partial charge in [-0.3, -0.25) is 4.98 Å². The third-order valence-electron chi connectivity index (χ3n) is 2.90. The minimum absolute atomic E-state index is 0.0671. The molecular weight excluding hydrogens is 271 g/mol. The van der Waals surface area contributed by atoms with Crippen molar-refractivity contribution in [3.05, 3.63) is 53.3 Å². The maximum Gasteiger partial charge on any atom is 0.417 e. The van der Waals surface area contributed by atoms with E-state index in [1.807, 2.05) is 0 Å². The lowest BCUT2D eigenvalue weighted by Crippen LogP contribution is -2.08. The van der Waals surface area contributed by atoms with Crippen molar-refractivity contribution in [1.82, 2.24) is 4.98 Å². The summed E-state index contributed by atoms with van der Waals surface area (Å²) >= 11 is 0. The molecule has 0 amide bonds. The molecule has 2 rings (SSSR count). The molecule has 0 spiro atoms. The van der Waals surface area contributed by atoms with E-state index in [4.69, 9.17) is 5.11 Å². The number of aromatic nitrogens is 1. The van der Waals surface area contributed by atoms with Gasteiger partial charge >= 0.3 is 12.1 Å². The number of aryl methyl sites for hydroxylation is 1. The Morgan fingerprint density at radius 3 is 2.50 bits per heavy atom. The average molecular weight is 281 g/mol. The fourth-order valence-electron chi connectivity index (χ4n) is 1.90. The lowest BCUT2D eigenvalue weighted by atomic mass is 9.95. The van der Waals surface area contributed by atoms with Crippen LogP contribution in [-0.4, -0.2) is 16.1 Å². The van der Waals surface area contributed by atoms with E-state index in [1.165, 1.54) is 18.2 Å². The number of aromatic carboxylic acids is 1. The lowest BCUT2D eigenvalue weighted by Gasteiger charge is -2.14. The molecule has 0 saturated heterocycles. The van der Waals surface area contributed by atoms with Crippen molar-refractivity contribution in [1.29, 1.82) is 0 Å². The summed E-state index contributed by atoms with van der Waals surface area (Å²) in [7, 11) is 0. The second-order valence-electron chi connectivity index (χ2n) is 4.25. The Balaban J connectivity index is 2.69. The van der Waals surface area contributed by atoms with Crippen molar-refractivity contribution in [2.45, 2.75) is 13.1 Å². The van der Waals surface area contributed by atoms with Gasteiger partial charge in [0.15, 0.2) is 0 Å². The van der Waals surface area contributed by atoms with E-state index in [2.05, 4.69) is 4.98 Å². The third kappa shape index (κ3) is 2.64. The van der Waals surface area contributed by atoms with Crippen LogP contribution in [-0.2, 0) is 6.18 Å². The summed E-state index contributed by atoms with van der Waals surface area (Å²) in [5.41, 5.74) is -0.264. The van der Waals surface area contributed by atoms with Gasteiger partial charge in [-0.05, 0) is 36.2 Å². The first-order valence-corrected chi connectivity index (χ1v) is 5.66. The summed E-state index contributed by atoms with van der Waals surface area (Å²) in [6.45, 7) is 1.62. The molecule has 0 atom stereocenters. The molecule has 0 saturated carbocycles. The van der Waals surface area contributed by atoms with Crippen LogP contribution in [0, 0.1) is 6.92 Å². The molecule has 0 aliphatic carbocycles. The van der Waals surface area contributed by atoms with Crippen molar-refractivity contribution in [2.75, 3.05) is 0 Å². The van der Waals surface area contributed by atoms with Crippen molar-refractivity contribution < 1.29 is 23.1 Å². The minimum atomic E-state index is -4.52. The van der Waals surface area contributed by atoms with Crippen LogP contribution in [0.4, 0.5) is 13.2 Å². The fraction of sp³-hybridized carbons (Fsp3) is 0.143. The van der Waals surface area contributed by atoms with Gasteiger partial charge < -0.3 is 5.11 Å². The van der Waals surface area contributed by atoms with Crippen molar-refractivity contribution >= 4 is 5.97 Å². The van der Waals surface area contributed by atoms with Gasteiger partial charge in [0.1, 0.15) is 0 Å². The Labute approximate surface area is 112 Å². The van der Waals surface area contributed by atoms with E-state index in [0.29, 0.717) is 5.56 Å². The van der Waals surface area contributed by atoms with E-state index in [0.717, 1.165) is 18.5 Å². The summed E-state index contributed by atoms with van der Waals surface area (Å²) in [4.78, 5) is 14.6. The fourth-order valence-corrected chi connectivity index (χ4v) is 1.90. The highest BCUT2D eigenvalue weighted by atomic mass is 19.4. The maximum absolute atomic E-state index is 13.0. The molecule has 0 aliphatic rings. The first-order valence-electron chi connectivity index (χ1n) is 5.66. The first-order chi connectivity index (χ1) is 9.30. The van der Waals surface area contributed by atoms with E-state index in [1.54, 1.807) is 6.92 Å². The number of benzene rings is 1. The SMILES string of the molecule is Cc1ccc(C(=O)O)cc1-c1cnccc1C(F)(F)F. The maximum atomic E-state index is 13.0. The molecule has 1 aromatic carbocycles. The highest BCUT2D eigenvalue weighted by Crippen LogP contribution is 2.37. The number of hydrogen-bond donors (Lipinski definition) is 1. The third-order valence-corrected chi connectivity index (χ3v) is 2.90. The van der Waals surface area contributed by atoms with Crippen LogP contribution >= 0.6 is 0 Å². The molecule has 0 unspecified atom stereocenters. The number of hydrogen-bond acceptors (Lipinski definition) is 2. The molecule has 3 nitrogen and oxygen atoms in total. The quantitative estimate of drug-likeness (QED) is 0.911. The van der Waals surface area contributed by atoms with Crippen molar-refractivity contribution in [2.24, 2.45) is 0 Å². The summed E-state index contributed by atoms with van der Waals surface area (Å²) in [5.74, 6) is -1.19. The zero-order valence-electron chi connectivity index (χ0n) is 10.4. The Bertz CT molecular complexity index is 666. The number of pyridine rings is 1. The molecule has 0 fully saturated rings. The number of carbonyl (C=O) groups is 1. The molecule has 0 radical (unpaired) electrons. The molecule has 2 aromatic rings. The van der Waals surface area contributed by atoms with Gasteiger partial charge in [-0.2, -0.15) is 13.2 Å². The molecular formula is C14H10F3NO2. The lowest BCUT2D eigenvalue weighted by molar-refractivity contribution is -0.137. The second-order valence-corrected chi connectivity index (χ2v) is 4.25. The van der Waals surface area contributed by atoms with E-state index < -0.39 is 17.7 Å². The van der Waals surface area contributed by atoms with Gasteiger partial charge in [0.25, 0.3) is 0 Å². The van der Waals surface area contributed by atoms with Crippen molar-refractivity contribution in [3.63, 3.8) is 0 Å². The number of carboxylic acids is 1. The second kappa shape index (κ2) is 4.96. The Hall–Kier alpha value is -2.37. The summed E-state index contributed by atoms with van der Waals surface area (Å²) in [6, 6.07) is 4.93.